The molecule has 0 bridgehead atoms. The van der Waals surface area contributed by atoms with E-state index in [9.17, 15) is 23.2 Å². The van der Waals surface area contributed by atoms with Crippen molar-refractivity contribution in [1.82, 2.24) is 14.8 Å². The van der Waals surface area contributed by atoms with Crippen molar-refractivity contribution in [2.75, 3.05) is 6.61 Å². The standard InChI is InChI=1S/C36H33F2N3O5/c37-27-13-11-25(29(38)16-27)17-39-35(43)28-18-40-19-31-41(30-14-12-24(15-26(30)21-45-31)23-9-5-2-6-10-23)36(44)32(40)34(33(28)42)46-20-22-7-3-1-4-8-22/h1-11,13,16,18,24,26,30-31H,12,14-15,17,19-21H2,(H,39,43). The van der Waals surface area contributed by atoms with Crippen LogP contribution in [0, 0.1) is 17.6 Å². The van der Waals surface area contributed by atoms with Crippen LogP contribution in [-0.4, -0.2) is 40.2 Å². The number of pyridine rings is 1. The number of nitrogens with zero attached hydrogens (tertiary/aromatic N) is 2. The summed E-state index contributed by atoms with van der Waals surface area (Å²) in [5.41, 5.74) is 1.21. The van der Waals surface area contributed by atoms with Crippen LogP contribution in [0.1, 0.15) is 62.7 Å². The Morgan fingerprint density at radius 1 is 0.978 bits per heavy atom. The highest BCUT2D eigenvalue weighted by atomic mass is 19.1. The van der Waals surface area contributed by atoms with Crippen LogP contribution >= 0.6 is 0 Å². The summed E-state index contributed by atoms with van der Waals surface area (Å²) in [6.07, 6.45) is 3.41. The second-order valence-corrected chi connectivity index (χ2v) is 12.1. The van der Waals surface area contributed by atoms with Crippen molar-refractivity contribution >= 4 is 11.8 Å². The van der Waals surface area contributed by atoms with E-state index in [1.54, 1.807) is 9.47 Å². The number of amides is 2. The predicted molar refractivity (Wildman–Crippen MR) is 165 cm³/mol. The first-order valence-corrected chi connectivity index (χ1v) is 15.5. The molecule has 3 aliphatic rings. The fourth-order valence-electron chi connectivity index (χ4n) is 7.03. The second kappa shape index (κ2) is 12.5. The molecule has 1 aliphatic carbocycles. The molecule has 10 heteroatoms. The van der Waals surface area contributed by atoms with Gasteiger partial charge in [-0.05, 0) is 42.4 Å². The number of nitrogens with one attached hydrogen (secondary N) is 1. The minimum atomic E-state index is -0.814. The third-order valence-electron chi connectivity index (χ3n) is 9.34. The molecule has 1 aromatic heterocycles. The van der Waals surface area contributed by atoms with Crippen molar-refractivity contribution in [2.45, 2.75) is 57.1 Å². The zero-order valence-corrected chi connectivity index (χ0v) is 25.0. The Morgan fingerprint density at radius 3 is 2.50 bits per heavy atom. The van der Waals surface area contributed by atoms with Crippen LogP contribution in [0.15, 0.2) is 89.9 Å². The molecule has 3 aromatic carbocycles. The van der Waals surface area contributed by atoms with E-state index in [-0.39, 0.29) is 60.1 Å². The molecule has 4 atom stereocenters. The fourth-order valence-corrected chi connectivity index (χ4v) is 7.03. The number of carbonyl (C=O) groups excluding carboxylic acids is 2. The molecular formula is C36H33F2N3O5. The van der Waals surface area contributed by atoms with Gasteiger partial charge in [-0.3, -0.25) is 14.4 Å². The highest BCUT2D eigenvalue weighted by Gasteiger charge is 2.48. The number of halogens is 2. The summed E-state index contributed by atoms with van der Waals surface area (Å²) in [5.74, 6) is -2.38. The maximum Gasteiger partial charge on any atom is 0.276 e. The summed E-state index contributed by atoms with van der Waals surface area (Å²) in [6.45, 7) is 0.456. The van der Waals surface area contributed by atoms with Crippen LogP contribution in [0.25, 0.3) is 0 Å². The first-order chi connectivity index (χ1) is 22.4. The summed E-state index contributed by atoms with van der Waals surface area (Å²) in [4.78, 5) is 43.3. The third kappa shape index (κ3) is 5.69. The Labute approximate surface area is 264 Å². The average molecular weight is 626 g/mol. The van der Waals surface area contributed by atoms with Gasteiger partial charge in [0.05, 0.1) is 13.2 Å². The normalized spacial score (nSPS) is 22.0. The molecule has 0 radical (unpaired) electrons. The maximum absolute atomic E-state index is 14.3. The molecule has 7 rings (SSSR count). The van der Waals surface area contributed by atoms with Gasteiger partial charge in [0.1, 0.15) is 23.8 Å². The number of ether oxygens (including phenoxy) is 2. The lowest BCUT2D eigenvalue weighted by molar-refractivity contribution is -0.151. The van der Waals surface area contributed by atoms with Gasteiger partial charge in [0.15, 0.2) is 17.7 Å². The van der Waals surface area contributed by atoms with E-state index in [0.29, 0.717) is 12.5 Å². The average Bonchev–Trinajstić information content (AvgIpc) is 3.07. The molecule has 0 spiro atoms. The number of rotatable bonds is 7. The van der Waals surface area contributed by atoms with Gasteiger partial charge in [-0.1, -0.05) is 66.7 Å². The number of carbonyl (C=O) groups is 2. The highest BCUT2D eigenvalue weighted by Crippen LogP contribution is 2.43. The Hall–Kier alpha value is -4.83. The molecule has 2 aliphatic heterocycles. The van der Waals surface area contributed by atoms with Gasteiger partial charge in [-0.2, -0.15) is 0 Å². The molecule has 4 aromatic rings. The Bertz CT molecular complexity index is 1830. The molecule has 236 valence electrons. The summed E-state index contributed by atoms with van der Waals surface area (Å²) in [5, 5.41) is 2.55. The van der Waals surface area contributed by atoms with E-state index in [1.165, 1.54) is 17.8 Å². The Balaban J connectivity index is 1.19. The first kappa shape index (κ1) is 29.9. The Morgan fingerprint density at radius 2 is 1.74 bits per heavy atom. The molecule has 3 heterocycles. The van der Waals surface area contributed by atoms with E-state index in [4.69, 9.17) is 9.47 Å². The predicted octanol–water partition coefficient (Wildman–Crippen LogP) is 5.40. The Kier molecular flexibility index (Phi) is 8.12. The molecule has 2 amide bonds. The van der Waals surface area contributed by atoms with E-state index in [2.05, 4.69) is 17.4 Å². The van der Waals surface area contributed by atoms with Gasteiger partial charge in [-0.25, -0.2) is 8.78 Å². The molecule has 1 N–H and O–H groups in total. The van der Waals surface area contributed by atoms with Crippen LogP contribution in [0.3, 0.4) is 0 Å². The molecule has 46 heavy (non-hydrogen) atoms. The van der Waals surface area contributed by atoms with E-state index in [1.807, 2.05) is 48.5 Å². The van der Waals surface area contributed by atoms with Crippen molar-refractivity contribution in [1.29, 1.82) is 0 Å². The van der Waals surface area contributed by atoms with Crippen LogP contribution in [0.2, 0.25) is 0 Å². The maximum atomic E-state index is 14.3. The van der Waals surface area contributed by atoms with Crippen molar-refractivity contribution in [3.8, 4) is 5.75 Å². The van der Waals surface area contributed by atoms with E-state index >= 15 is 0 Å². The smallest absolute Gasteiger partial charge is 0.276 e. The molecular weight excluding hydrogens is 592 g/mol. The monoisotopic (exact) mass is 625 g/mol. The third-order valence-corrected chi connectivity index (χ3v) is 9.34. The molecule has 8 nitrogen and oxygen atoms in total. The summed E-state index contributed by atoms with van der Waals surface area (Å²) in [7, 11) is 0. The lowest BCUT2D eigenvalue weighted by Gasteiger charge is -2.51. The number of hydrogen-bond acceptors (Lipinski definition) is 5. The lowest BCUT2D eigenvalue weighted by Crippen LogP contribution is -2.62. The minimum Gasteiger partial charge on any atom is -0.483 e. The lowest BCUT2D eigenvalue weighted by atomic mass is 9.74. The molecule has 1 saturated heterocycles. The van der Waals surface area contributed by atoms with Gasteiger partial charge >= 0.3 is 0 Å². The minimum absolute atomic E-state index is 0.00691. The van der Waals surface area contributed by atoms with Crippen molar-refractivity contribution < 1.29 is 27.8 Å². The van der Waals surface area contributed by atoms with Crippen LogP contribution in [0.4, 0.5) is 8.78 Å². The second-order valence-electron chi connectivity index (χ2n) is 12.1. The zero-order valence-electron chi connectivity index (χ0n) is 25.0. The highest BCUT2D eigenvalue weighted by molar-refractivity contribution is 5.99. The summed E-state index contributed by atoms with van der Waals surface area (Å²) < 4.78 is 41.5. The van der Waals surface area contributed by atoms with Gasteiger partial charge in [0.25, 0.3) is 11.8 Å². The SMILES string of the molecule is O=C(NCc1ccc(F)cc1F)c1cn2c(c(OCc3ccccc3)c1=O)C(=O)N1C(C2)OCC2CC(c3ccccc3)CCC21. The molecule has 1 saturated carbocycles. The van der Waals surface area contributed by atoms with Gasteiger partial charge in [0.2, 0.25) is 5.43 Å². The van der Waals surface area contributed by atoms with Crippen LogP contribution < -0.4 is 15.5 Å². The van der Waals surface area contributed by atoms with Gasteiger partial charge in [0, 0.05) is 36.3 Å². The number of benzene rings is 3. The number of hydrogen-bond donors (Lipinski definition) is 1. The van der Waals surface area contributed by atoms with E-state index < -0.39 is 29.2 Å². The molecule has 4 unspecified atom stereocenters. The number of aromatic nitrogens is 1. The van der Waals surface area contributed by atoms with Crippen molar-refractivity contribution in [3.63, 3.8) is 0 Å². The molecule has 2 fully saturated rings. The first-order valence-electron chi connectivity index (χ1n) is 15.5. The topological polar surface area (TPSA) is 89.9 Å². The van der Waals surface area contributed by atoms with Gasteiger partial charge in [-0.15, -0.1) is 0 Å². The van der Waals surface area contributed by atoms with Crippen molar-refractivity contribution in [3.05, 3.63) is 135 Å². The van der Waals surface area contributed by atoms with E-state index in [0.717, 1.165) is 37.0 Å². The summed E-state index contributed by atoms with van der Waals surface area (Å²) >= 11 is 0. The van der Waals surface area contributed by atoms with Crippen LogP contribution in [-0.2, 0) is 24.4 Å². The largest absolute Gasteiger partial charge is 0.483 e. The number of fused-ring (bicyclic) bond motifs is 4. The quantitative estimate of drug-likeness (QED) is 0.297. The van der Waals surface area contributed by atoms with Crippen molar-refractivity contribution in [2.24, 2.45) is 5.92 Å². The van der Waals surface area contributed by atoms with Gasteiger partial charge < -0.3 is 24.3 Å². The van der Waals surface area contributed by atoms with Crippen LogP contribution in [0.5, 0.6) is 5.75 Å². The summed E-state index contributed by atoms with van der Waals surface area (Å²) in [6, 6.07) is 22.6. The zero-order chi connectivity index (χ0) is 31.8. The fraction of sp³-hybridized carbons (Fsp3) is 0.306.